The van der Waals surface area contributed by atoms with E-state index in [1.54, 1.807) is 30.3 Å². The maximum Gasteiger partial charge on any atom is 0.329 e. The van der Waals surface area contributed by atoms with E-state index in [9.17, 15) is 27.9 Å². The SMILES string of the molecule is CC(=O)NC1C(C(=O)O)N2C(=O)C(c3ccccc3)[C@H]2S1(=O)=O. The van der Waals surface area contributed by atoms with Crippen LogP contribution in [0.25, 0.3) is 0 Å². The van der Waals surface area contributed by atoms with Gasteiger partial charge in [0.1, 0.15) is 0 Å². The number of nitrogens with one attached hydrogen (secondary N) is 1. The normalized spacial score (nSPS) is 31.2. The Balaban J connectivity index is 2.06. The Morgan fingerprint density at radius 2 is 1.83 bits per heavy atom. The highest BCUT2D eigenvalue weighted by molar-refractivity contribution is 7.93. The first-order valence-corrected chi connectivity index (χ1v) is 8.47. The monoisotopic (exact) mass is 338 g/mol. The highest BCUT2D eigenvalue weighted by Gasteiger charge is 2.69. The third kappa shape index (κ3) is 2.11. The summed E-state index contributed by atoms with van der Waals surface area (Å²) >= 11 is 0. The molecule has 3 unspecified atom stereocenters. The minimum absolute atomic E-state index is 0.509. The fraction of sp³-hybridized carbons (Fsp3) is 0.357. The fourth-order valence-corrected chi connectivity index (χ4v) is 5.63. The molecule has 1 aromatic rings. The van der Waals surface area contributed by atoms with Crippen molar-refractivity contribution >= 4 is 27.6 Å². The lowest BCUT2D eigenvalue weighted by atomic mass is 9.88. The summed E-state index contributed by atoms with van der Waals surface area (Å²) in [5.41, 5.74) is 0.509. The Morgan fingerprint density at radius 1 is 1.22 bits per heavy atom. The van der Waals surface area contributed by atoms with E-state index in [0.717, 1.165) is 11.8 Å². The number of rotatable bonds is 3. The van der Waals surface area contributed by atoms with Crippen molar-refractivity contribution in [3.8, 4) is 0 Å². The smallest absolute Gasteiger partial charge is 0.329 e. The lowest BCUT2D eigenvalue weighted by Crippen LogP contribution is -2.62. The van der Waals surface area contributed by atoms with Gasteiger partial charge in [0.05, 0.1) is 5.92 Å². The number of fused-ring (bicyclic) bond motifs is 1. The van der Waals surface area contributed by atoms with Gasteiger partial charge in [-0.05, 0) is 5.56 Å². The summed E-state index contributed by atoms with van der Waals surface area (Å²) in [6.07, 6.45) is 0. The van der Waals surface area contributed by atoms with Crippen LogP contribution < -0.4 is 5.32 Å². The molecule has 23 heavy (non-hydrogen) atoms. The summed E-state index contributed by atoms with van der Waals surface area (Å²) in [6.45, 7) is 1.10. The Bertz CT molecular complexity index is 791. The van der Waals surface area contributed by atoms with E-state index in [0.29, 0.717) is 5.56 Å². The van der Waals surface area contributed by atoms with Crippen LogP contribution in [0.3, 0.4) is 0 Å². The summed E-state index contributed by atoms with van der Waals surface area (Å²) in [7, 11) is -4.06. The number of carboxylic acid groups (broad SMARTS) is 1. The van der Waals surface area contributed by atoms with E-state index in [2.05, 4.69) is 5.32 Å². The summed E-state index contributed by atoms with van der Waals surface area (Å²) in [5, 5.41) is 8.56. The van der Waals surface area contributed by atoms with Gasteiger partial charge in [-0.2, -0.15) is 0 Å². The van der Waals surface area contributed by atoms with E-state index in [1.807, 2.05) is 0 Å². The van der Waals surface area contributed by atoms with Gasteiger partial charge in [0.15, 0.2) is 26.6 Å². The summed E-state index contributed by atoms with van der Waals surface area (Å²) in [6, 6.07) is 6.71. The van der Waals surface area contributed by atoms with Gasteiger partial charge in [-0.3, -0.25) is 9.59 Å². The zero-order valence-corrected chi connectivity index (χ0v) is 12.9. The van der Waals surface area contributed by atoms with Crippen LogP contribution in [-0.2, 0) is 24.2 Å². The Kier molecular flexibility index (Phi) is 3.40. The van der Waals surface area contributed by atoms with Crippen molar-refractivity contribution < 1.29 is 27.9 Å². The molecule has 0 aromatic heterocycles. The van der Waals surface area contributed by atoms with Crippen LogP contribution >= 0.6 is 0 Å². The second-order valence-corrected chi connectivity index (χ2v) is 7.69. The van der Waals surface area contributed by atoms with E-state index in [-0.39, 0.29) is 0 Å². The second kappa shape index (κ2) is 5.05. The topological polar surface area (TPSA) is 121 Å². The van der Waals surface area contributed by atoms with Gasteiger partial charge in [0.25, 0.3) is 0 Å². The number of hydrogen-bond acceptors (Lipinski definition) is 5. The molecule has 4 atom stereocenters. The van der Waals surface area contributed by atoms with E-state index >= 15 is 0 Å². The molecular weight excluding hydrogens is 324 g/mol. The van der Waals surface area contributed by atoms with Gasteiger partial charge in [-0.1, -0.05) is 30.3 Å². The van der Waals surface area contributed by atoms with E-state index < -0.39 is 50.3 Å². The van der Waals surface area contributed by atoms with Crippen molar-refractivity contribution in [3.63, 3.8) is 0 Å². The molecule has 2 heterocycles. The average molecular weight is 338 g/mol. The maximum atomic E-state index is 12.7. The first-order chi connectivity index (χ1) is 10.8. The molecule has 3 rings (SSSR count). The number of hydrogen-bond donors (Lipinski definition) is 2. The number of β-lactam (4-membered cyclic amide) rings is 1. The third-order valence-corrected chi connectivity index (χ3v) is 6.37. The third-order valence-electron chi connectivity index (χ3n) is 4.11. The van der Waals surface area contributed by atoms with Gasteiger partial charge in [0, 0.05) is 6.92 Å². The Hall–Kier alpha value is -2.42. The van der Waals surface area contributed by atoms with Crippen LogP contribution in [0.5, 0.6) is 0 Å². The molecule has 0 bridgehead atoms. The van der Waals surface area contributed by atoms with Crippen molar-refractivity contribution in [1.82, 2.24) is 10.2 Å². The van der Waals surface area contributed by atoms with Crippen LogP contribution in [0, 0.1) is 0 Å². The molecule has 0 aliphatic carbocycles. The Morgan fingerprint density at radius 3 is 2.35 bits per heavy atom. The zero-order chi connectivity index (χ0) is 16.9. The number of carboxylic acids is 1. The number of aliphatic carboxylic acids is 1. The lowest BCUT2D eigenvalue weighted by molar-refractivity contribution is -0.159. The molecule has 2 fully saturated rings. The predicted octanol–water partition coefficient (Wildman–Crippen LogP) is -0.718. The molecule has 8 nitrogen and oxygen atoms in total. The Labute approximate surface area is 132 Å². The van der Waals surface area contributed by atoms with Crippen LogP contribution in [0.15, 0.2) is 30.3 Å². The highest BCUT2D eigenvalue weighted by Crippen LogP contribution is 2.47. The van der Waals surface area contributed by atoms with Crippen molar-refractivity contribution in [2.75, 3.05) is 0 Å². The number of amides is 2. The predicted molar refractivity (Wildman–Crippen MR) is 77.8 cm³/mol. The first-order valence-electron chi connectivity index (χ1n) is 6.86. The van der Waals surface area contributed by atoms with Crippen molar-refractivity contribution in [2.24, 2.45) is 0 Å². The maximum absolute atomic E-state index is 12.7. The molecule has 1 aromatic carbocycles. The molecule has 0 saturated carbocycles. The highest BCUT2D eigenvalue weighted by atomic mass is 32.2. The van der Waals surface area contributed by atoms with E-state index in [4.69, 9.17) is 0 Å². The number of carbonyl (C=O) groups excluding carboxylic acids is 2. The van der Waals surface area contributed by atoms with Gasteiger partial charge in [-0.15, -0.1) is 0 Å². The molecule has 2 aliphatic rings. The first kappa shape index (κ1) is 15.5. The quantitative estimate of drug-likeness (QED) is 0.702. The van der Waals surface area contributed by atoms with Gasteiger partial charge in [-0.25, -0.2) is 13.2 Å². The molecule has 0 spiro atoms. The van der Waals surface area contributed by atoms with Crippen LogP contribution in [0.4, 0.5) is 0 Å². The number of nitrogens with zero attached hydrogens (tertiary/aromatic N) is 1. The average Bonchev–Trinajstić information content (AvgIpc) is 2.66. The van der Waals surface area contributed by atoms with Gasteiger partial charge >= 0.3 is 5.97 Å². The van der Waals surface area contributed by atoms with Crippen molar-refractivity contribution in [3.05, 3.63) is 35.9 Å². The van der Waals surface area contributed by atoms with Crippen LogP contribution in [0.1, 0.15) is 18.4 Å². The van der Waals surface area contributed by atoms with E-state index in [1.165, 1.54) is 0 Å². The molecule has 122 valence electrons. The minimum atomic E-state index is -4.06. The number of sulfone groups is 1. The van der Waals surface area contributed by atoms with Crippen LogP contribution in [-0.4, -0.2) is 53.0 Å². The molecule has 2 saturated heterocycles. The molecular formula is C14H14N2O6S. The summed E-state index contributed by atoms with van der Waals surface area (Å²) in [4.78, 5) is 35.9. The van der Waals surface area contributed by atoms with Crippen molar-refractivity contribution in [1.29, 1.82) is 0 Å². The molecule has 2 amide bonds. The van der Waals surface area contributed by atoms with Gasteiger partial charge in [0.2, 0.25) is 11.8 Å². The number of benzene rings is 1. The summed E-state index contributed by atoms with van der Waals surface area (Å²) in [5.74, 6) is -3.64. The largest absolute Gasteiger partial charge is 0.480 e. The molecule has 2 N–H and O–H groups in total. The minimum Gasteiger partial charge on any atom is -0.480 e. The fourth-order valence-electron chi connectivity index (χ4n) is 3.18. The zero-order valence-electron chi connectivity index (χ0n) is 12.0. The van der Waals surface area contributed by atoms with Crippen LogP contribution in [0.2, 0.25) is 0 Å². The summed E-state index contributed by atoms with van der Waals surface area (Å²) < 4.78 is 25.3. The lowest BCUT2D eigenvalue weighted by Gasteiger charge is -2.42. The second-order valence-electron chi connectivity index (χ2n) is 5.52. The van der Waals surface area contributed by atoms with Gasteiger partial charge < -0.3 is 15.3 Å². The molecule has 0 radical (unpaired) electrons. The standard InChI is InChI=1S/C14H14N2O6S/c1-7(17)15-11-10(14(19)20)16-12(18)9(13(16)23(11,21)22)8-5-3-2-4-6-8/h2-6,9-11,13H,1H3,(H,15,17)(H,19,20)/t9?,10?,11?,13-/m1/s1. The number of carbonyl (C=O) groups is 3. The van der Waals surface area contributed by atoms with Crippen molar-refractivity contribution in [2.45, 2.75) is 29.6 Å². The molecule has 9 heteroatoms. The molecule has 2 aliphatic heterocycles.